The third kappa shape index (κ3) is 3.66. The molecular formula is C16H23B2N4O4. The van der Waals surface area contributed by atoms with Gasteiger partial charge in [-0.1, -0.05) is 19.0 Å². The summed E-state index contributed by atoms with van der Waals surface area (Å²) >= 11 is 0. The van der Waals surface area contributed by atoms with Gasteiger partial charge < -0.3 is 14.5 Å². The number of amidine groups is 1. The first-order valence-electron chi connectivity index (χ1n) is 8.75. The fourth-order valence-corrected chi connectivity index (χ4v) is 3.42. The average Bonchev–Trinajstić information content (AvgIpc) is 3.25. The van der Waals surface area contributed by atoms with Crippen molar-refractivity contribution in [2.75, 3.05) is 6.54 Å². The van der Waals surface area contributed by atoms with E-state index in [4.69, 9.17) is 17.1 Å². The second kappa shape index (κ2) is 7.08. The van der Waals surface area contributed by atoms with Crippen molar-refractivity contribution in [3.05, 3.63) is 11.8 Å². The van der Waals surface area contributed by atoms with Crippen LogP contribution in [0.4, 0.5) is 0 Å². The van der Waals surface area contributed by atoms with E-state index in [1.54, 1.807) is 11.0 Å². The summed E-state index contributed by atoms with van der Waals surface area (Å²) in [5, 5.41) is 14.0. The van der Waals surface area contributed by atoms with Crippen molar-refractivity contribution >= 4 is 32.2 Å². The molecule has 1 fully saturated rings. The lowest BCUT2D eigenvalue weighted by Gasteiger charge is -2.29. The second-order valence-electron chi connectivity index (χ2n) is 7.59. The normalized spacial score (nSPS) is 25.9. The SMILES string of the molecule is [B][B]c1cc(C(C(=O)N2C[C@H](O)C[C@H]2C2=NC(C)(C)ON2)C(C)C)on1. The number of likely N-dealkylation sites (tertiary alicyclic amines) is 1. The number of amides is 1. The summed E-state index contributed by atoms with van der Waals surface area (Å²) in [4.78, 5) is 24.9. The quantitative estimate of drug-likeness (QED) is 0.687. The second-order valence-corrected chi connectivity index (χ2v) is 7.59. The monoisotopic (exact) mass is 357 g/mol. The molecule has 3 heterocycles. The van der Waals surface area contributed by atoms with Gasteiger partial charge in [-0.25, -0.2) is 15.3 Å². The fraction of sp³-hybridized carbons (Fsp3) is 0.688. The van der Waals surface area contributed by atoms with Gasteiger partial charge in [-0.2, -0.15) is 0 Å². The number of β-amino-alcohol motifs (C(OH)–C–C–N with tert-alkyl or cyclic N) is 1. The van der Waals surface area contributed by atoms with Gasteiger partial charge in [-0.15, -0.1) is 0 Å². The largest absolute Gasteiger partial charge is 0.391 e. The molecular weight excluding hydrogens is 334 g/mol. The lowest BCUT2D eigenvalue weighted by atomic mass is 9.53. The number of nitrogens with zero attached hydrogens (tertiary/aromatic N) is 3. The number of hydrogen-bond acceptors (Lipinski definition) is 7. The number of aromatic nitrogens is 1. The van der Waals surface area contributed by atoms with E-state index in [9.17, 15) is 9.90 Å². The zero-order chi connectivity index (χ0) is 19.1. The molecule has 26 heavy (non-hydrogen) atoms. The molecule has 1 aromatic heterocycles. The van der Waals surface area contributed by atoms with Crippen LogP contribution in [-0.2, 0) is 9.63 Å². The number of aliphatic hydroxyl groups excluding tert-OH is 1. The molecule has 0 aromatic carbocycles. The van der Waals surface area contributed by atoms with Crippen molar-refractivity contribution in [1.82, 2.24) is 15.5 Å². The molecule has 3 radical (unpaired) electrons. The van der Waals surface area contributed by atoms with Gasteiger partial charge in [0.1, 0.15) is 24.7 Å². The number of aliphatic hydroxyl groups is 1. The first-order valence-corrected chi connectivity index (χ1v) is 8.75. The number of hydrogen-bond donors (Lipinski definition) is 2. The van der Waals surface area contributed by atoms with Crippen molar-refractivity contribution in [3.8, 4) is 0 Å². The van der Waals surface area contributed by atoms with Crippen molar-refractivity contribution < 1.29 is 19.3 Å². The summed E-state index contributed by atoms with van der Waals surface area (Å²) < 4.78 is 5.34. The number of aliphatic imine (C=N–C) groups is 1. The molecule has 3 atom stereocenters. The Bertz CT molecular complexity index is 706. The summed E-state index contributed by atoms with van der Waals surface area (Å²) in [6.45, 7) is 7.76. The van der Waals surface area contributed by atoms with Crippen LogP contribution in [0.15, 0.2) is 15.6 Å². The Morgan fingerprint density at radius 1 is 1.54 bits per heavy atom. The lowest BCUT2D eigenvalue weighted by molar-refractivity contribution is -0.134. The Morgan fingerprint density at radius 3 is 2.81 bits per heavy atom. The first kappa shape index (κ1) is 19.0. The van der Waals surface area contributed by atoms with Gasteiger partial charge >= 0.3 is 0 Å². The van der Waals surface area contributed by atoms with Crippen LogP contribution in [0.2, 0.25) is 0 Å². The fourth-order valence-electron chi connectivity index (χ4n) is 3.42. The molecule has 0 spiro atoms. The van der Waals surface area contributed by atoms with Crippen LogP contribution >= 0.6 is 0 Å². The van der Waals surface area contributed by atoms with Crippen LogP contribution in [0.25, 0.3) is 0 Å². The summed E-state index contributed by atoms with van der Waals surface area (Å²) in [5.74, 6) is 0.316. The predicted octanol–water partition coefficient (Wildman–Crippen LogP) is -0.542. The van der Waals surface area contributed by atoms with Crippen LogP contribution in [0.1, 0.15) is 45.8 Å². The molecule has 0 aliphatic carbocycles. The summed E-state index contributed by atoms with van der Waals surface area (Å²) in [6.07, 6.45) is -0.215. The van der Waals surface area contributed by atoms with Crippen LogP contribution in [0.3, 0.4) is 0 Å². The molecule has 3 rings (SSSR count). The van der Waals surface area contributed by atoms with Gasteiger partial charge in [0, 0.05) is 26.3 Å². The van der Waals surface area contributed by atoms with Gasteiger partial charge in [0.2, 0.25) is 5.91 Å². The maximum Gasteiger partial charge on any atom is 0.234 e. The molecule has 2 N–H and O–H groups in total. The number of nitrogens with one attached hydrogen (secondary N) is 1. The minimum atomic E-state index is -0.703. The topological polar surface area (TPSA) is 100 Å². The number of carbonyl (C=O) groups excluding carboxylic acids is 1. The molecule has 2 aliphatic rings. The van der Waals surface area contributed by atoms with Crippen molar-refractivity contribution in [1.29, 1.82) is 0 Å². The smallest absolute Gasteiger partial charge is 0.234 e. The highest BCUT2D eigenvalue weighted by molar-refractivity contribution is 6.97. The summed E-state index contributed by atoms with van der Waals surface area (Å²) in [5.41, 5.74) is 2.58. The van der Waals surface area contributed by atoms with E-state index in [0.717, 1.165) is 0 Å². The highest BCUT2D eigenvalue weighted by Crippen LogP contribution is 2.31. The third-order valence-electron chi connectivity index (χ3n) is 4.63. The van der Waals surface area contributed by atoms with E-state index in [1.165, 1.54) is 7.17 Å². The van der Waals surface area contributed by atoms with Crippen LogP contribution in [-0.4, -0.2) is 66.2 Å². The van der Waals surface area contributed by atoms with Crippen molar-refractivity contribution in [2.45, 2.75) is 57.9 Å². The van der Waals surface area contributed by atoms with Gasteiger partial charge in [0.05, 0.1) is 12.1 Å². The Balaban J connectivity index is 1.87. The Labute approximate surface area is 154 Å². The van der Waals surface area contributed by atoms with E-state index >= 15 is 0 Å². The summed E-state index contributed by atoms with van der Waals surface area (Å²) in [6, 6.07) is 1.30. The van der Waals surface area contributed by atoms with Crippen LogP contribution in [0, 0.1) is 5.92 Å². The Hall–Kier alpha value is -1.80. The zero-order valence-corrected chi connectivity index (χ0v) is 15.5. The molecule has 0 saturated carbocycles. The van der Waals surface area contributed by atoms with Gasteiger partial charge in [0.25, 0.3) is 0 Å². The highest BCUT2D eigenvalue weighted by Gasteiger charge is 2.44. The molecule has 1 unspecified atom stereocenters. The first-order chi connectivity index (χ1) is 12.2. The van der Waals surface area contributed by atoms with Crippen LogP contribution in [0.5, 0.6) is 0 Å². The third-order valence-corrected chi connectivity index (χ3v) is 4.63. The predicted molar refractivity (Wildman–Crippen MR) is 97.1 cm³/mol. The number of carbonyl (C=O) groups is 1. The maximum atomic E-state index is 13.3. The maximum absolute atomic E-state index is 13.3. The minimum Gasteiger partial charge on any atom is -0.391 e. The van der Waals surface area contributed by atoms with E-state index in [1.807, 2.05) is 27.7 Å². The average molecular weight is 357 g/mol. The van der Waals surface area contributed by atoms with Gasteiger partial charge in [0.15, 0.2) is 5.72 Å². The molecule has 1 saturated heterocycles. The van der Waals surface area contributed by atoms with E-state index < -0.39 is 17.7 Å². The number of rotatable bonds is 5. The molecule has 2 aliphatic heterocycles. The standard InChI is InChI=1S/C16H23B2N4O4/c1-8(2)13(11-6-12(18-17)20-25-11)15(24)22-7-9(23)5-10(22)14-19-16(3,4)26-21-14/h6,8-10,13,23H,5,7H2,1-4H3,(H,19,21)/t9-,10+,13?/m1/s1. The Morgan fingerprint density at radius 2 is 2.27 bits per heavy atom. The van der Waals surface area contributed by atoms with Crippen molar-refractivity contribution in [2.24, 2.45) is 10.9 Å². The van der Waals surface area contributed by atoms with Gasteiger partial charge in [-0.05, 0) is 25.8 Å². The molecule has 8 nitrogen and oxygen atoms in total. The summed E-state index contributed by atoms with van der Waals surface area (Å²) in [7, 11) is 6.80. The highest BCUT2D eigenvalue weighted by atomic mass is 16.7. The molecule has 10 heteroatoms. The van der Waals surface area contributed by atoms with Crippen molar-refractivity contribution in [3.63, 3.8) is 0 Å². The van der Waals surface area contributed by atoms with Gasteiger partial charge in [-0.3, -0.25) is 4.79 Å². The molecule has 1 aromatic rings. The molecule has 0 bridgehead atoms. The van der Waals surface area contributed by atoms with E-state index in [-0.39, 0.29) is 24.4 Å². The zero-order valence-electron chi connectivity index (χ0n) is 15.5. The van der Waals surface area contributed by atoms with Crippen LogP contribution < -0.4 is 11.1 Å². The molecule has 1 amide bonds. The lowest BCUT2D eigenvalue weighted by Crippen LogP contribution is -2.46. The van der Waals surface area contributed by atoms with E-state index in [0.29, 0.717) is 23.6 Å². The number of hydroxylamine groups is 1. The minimum absolute atomic E-state index is 0.0226. The molecule has 137 valence electrons. The van der Waals surface area contributed by atoms with E-state index in [2.05, 4.69) is 15.6 Å². The Kier molecular flexibility index (Phi) is 5.16.